The fourth-order valence-corrected chi connectivity index (χ4v) is 3.58. The Morgan fingerprint density at radius 2 is 1.55 bits per heavy atom. The summed E-state index contributed by atoms with van der Waals surface area (Å²) in [5.74, 6) is -1.66. The van der Waals surface area contributed by atoms with Crippen LogP contribution in [0.15, 0.2) is 72.8 Å². The van der Waals surface area contributed by atoms with Gasteiger partial charge in [-0.1, -0.05) is 36.4 Å². The maximum Gasteiger partial charge on any atom is 0.416 e. The van der Waals surface area contributed by atoms with Crippen LogP contribution in [0.4, 0.5) is 24.5 Å². The maximum absolute atomic E-state index is 13.4. The number of imide groups is 1. The van der Waals surface area contributed by atoms with E-state index in [0.717, 1.165) is 23.1 Å². The lowest BCUT2D eigenvalue weighted by atomic mass is 9.91. The predicted molar refractivity (Wildman–Crippen MR) is 118 cm³/mol. The standard InChI is InChI=1S/C25H17F3N2O3/c1-15(31)29-18-11-9-16(10-12-18)13-22-20-7-2-3-8-21(20)23(32)30(24(22)33)19-6-4-5-17(14-19)25(26,27)28/h2-14H,1H3,(H,29,31)/b22-13-. The summed E-state index contributed by atoms with van der Waals surface area (Å²) >= 11 is 0. The number of benzene rings is 3. The van der Waals surface area contributed by atoms with E-state index in [9.17, 15) is 27.6 Å². The summed E-state index contributed by atoms with van der Waals surface area (Å²) in [5.41, 5.74) is 0.813. The summed E-state index contributed by atoms with van der Waals surface area (Å²) < 4.78 is 39.7. The number of carbonyl (C=O) groups is 3. The molecule has 1 aliphatic heterocycles. The lowest BCUT2D eigenvalue weighted by molar-refractivity contribution is -0.137. The van der Waals surface area contributed by atoms with Crippen molar-refractivity contribution in [3.63, 3.8) is 0 Å². The second-order valence-corrected chi connectivity index (χ2v) is 7.40. The van der Waals surface area contributed by atoms with Gasteiger partial charge in [0, 0.05) is 23.7 Å². The van der Waals surface area contributed by atoms with Crippen molar-refractivity contribution in [1.82, 2.24) is 0 Å². The second-order valence-electron chi connectivity index (χ2n) is 7.40. The van der Waals surface area contributed by atoms with E-state index in [1.54, 1.807) is 48.5 Å². The Morgan fingerprint density at radius 3 is 2.18 bits per heavy atom. The van der Waals surface area contributed by atoms with Gasteiger partial charge in [0.1, 0.15) is 0 Å². The average molecular weight is 450 g/mol. The molecule has 0 saturated heterocycles. The molecular weight excluding hydrogens is 433 g/mol. The summed E-state index contributed by atoms with van der Waals surface area (Å²) in [6.07, 6.45) is -3.06. The zero-order chi connectivity index (χ0) is 23.8. The van der Waals surface area contributed by atoms with Crippen molar-refractivity contribution in [2.45, 2.75) is 13.1 Å². The van der Waals surface area contributed by atoms with Crippen LogP contribution >= 0.6 is 0 Å². The number of amides is 3. The van der Waals surface area contributed by atoms with Gasteiger partial charge in [0.15, 0.2) is 0 Å². The molecule has 1 heterocycles. The van der Waals surface area contributed by atoms with E-state index in [2.05, 4.69) is 5.32 Å². The van der Waals surface area contributed by atoms with Crippen molar-refractivity contribution < 1.29 is 27.6 Å². The summed E-state index contributed by atoms with van der Waals surface area (Å²) in [7, 11) is 0. The molecule has 0 radical (unpaired) electrons. The number of hydrogen-bond acceptors (Lipinski definition) is 3. The van der Waals surface area contributed by atoms with E-state index in [1.807, 2.05) is 0 Å². The van der Waals surface area contributed by atoms with Gasteiger partial charge >= 0.3 is 6.18 Å². The van der Waals surface area contributed by atoms with E-state index < -0.39 is 23.6 Å². The molecule has 3 amide bonds. The highest BCUT2D eigenvalue weighted by molar-refractivity contribution is 6.43. The smallest absolute Gasteiger partial charge is 0.326 e. The fourth-order valence-electron chi connectivity index (χ4n) is 3.58. The predicted octanol–water partition coefficient (Wildman–Crippen LogP) is 5.39. The summed E-state index contributed by atoms with van der Waals surface area (Å²) in [5, 5.41) is 2.64. The quantitative estimate of drug-likeness (QED) is 0.430. The Bertz CT molecular complexity index is 1290. The van der Waals surface area contributed by atoms with Gasteiger partial charge in [-0.05, 0) is 53.6 Å². The highest BCUT2D eigenvalue weighted by atomic mass is 19.4. The monoisotopic (exact) mass is 450 g/mol. The number of nitrogens with one attached hydrogen (secondary N) is 1. The average Bonchev–Trinajstić information content (AvgIpc) is 2.77. The SMILES string of the molecule is CC(=O)Nc1ccc(/C=C2\C(=O)N(c3cccc(C(F)(F)F)c3)C(=O)c3ccccc32)cc1. The number of anilines is 2. The van der Waals surface area contributed by atoms with Crippen LogP contribution in [0, 0.1) is 0 Å². The molecule has 0 fully saturated rings. The zero-order valence-corrected chi connectivity index (χ0v) is 17.3. The molecule has 5 nitrogen and oxygen atoms in total. The number of nitrogens with zero attached hydrogens (tertiary/aromatic N) is 1. The molecule has 33 heavy (non-hydrogen) atoms. The fraction of sp³-hybridized carbons (Fsp3) is 0.0800. The van der Waals surface area contributed by atoms with Crippen LogP contribution in [0.25, 0.3) is 11.6 Å². The third-order valence-electron chi connectivity index (χ3n) is 5.06. The van der Waals surface area contributed by atoms with Crippen LogP contribution < -0.4 is 10.2 Å². The normalized spacial score (nSPS) is 14.9. The minimum atomic E-state index is -4.62. The first-order chi connectivity index (χ1) is 15.6. The number of halogens is 3. The number of alkyl halides is 3. The Labute approximate surface area is 187 Å². The Morgan fingerprint density at radius 1 is 0.879 bits per heavy atom. The first kappa shape index (κ1) is 22.0. The molecule has 0 unspecified atom stereocenters. The minimum Gasteiger partial charge on any atom is -0.326 e. The van der Waals surface area contributed by atoms with E-state index >= 15 is 0 Å². The summed E-state index contributed by atoms with van der Waals surface area (Å²) in [6, 6.07) is 17.2. The Hall–Kier alpha value is -4.20. The van der Waals surface area contributed by atoms with E-state index in [0.29, 0.717) is 16.8 Å². The highest BCUT2D eigenvalue weighted by Gasteiger charge is 2.37. The molecule has 0 aliphatic carbocycles. The molecule has 0 aromatic heterocycles. The van der Waals surface area contributed by atoms with Gasteiger partial charge in [0.25, 0.3) is 11.8 Å². The van der Waals surface area contributed by atoms with Crippen molar-refractivity contribution in [3.05, 3.63) is 95.1 Å². The van der Waals surface area contributed by atoms with Gasteiger partial charge in [-0.2, -0.15) is 13.2 Å². The van der Waals surface area contributed by atoms with Gasteiger partial charge in [-0.3, -0.25) is 14.4 Å². The van der Waals surface area contributed by atoms with Crippen molar-refractivity contribution in [2.75, 3.05) is 10.2 Å². The lowest BCUT2D eigenvalue weighted by Crippen LogP contribution is -2.41. The third-order valence-corrected chi connectivity index (χ3v) is 5.06. The Kier molecular flexibility index (Phi) is 5.59. The molecule has 3 aromatic rings. The molecule has 0 atom stereocenters. The Balaban J connectivity index is 1.81. The van der Waals surface area contributed by atoms with Crippen LogP contribution in [0.1, 0.15) is 34.0 Å². The molecule has 8 heteroatoms. The molecule has 0 spiro atoms. The summed E-state index contributed by atoms with van der Waals surface area (Å²) in [4.78, 5) is 38.4. The zero-order valence-electron chi connectivity index (χ0n) is 17.3. The summed E-state index contributed by atoms with van der Waals surface area (Å²) in [6.45, 7) is 1.38. The van der Waals surface area contributed by atoms with Gasteiger partial charge in [-0.15, -0.1) is 0 Å². The van der Waals surface area contributed by atoms with Gasteiger partial charge in [0.2, 0.25) is 5.91 Å². The molecule has 0 saturated carbocycles. The van der Waals surface area contributed by atoms with E-state index in [4.69, 9.17) is 0 Å². The lowest BCUT2D eigenvalue weighted by Gasteiger charge is -2.29. The van der Waals surface area contributed by atoms with Gasteiger partial charge < -0.3 is 5.32 Å². The molecule has 1 N–H and O–H groups in total. The number of rotatable bonds is 3. The first-order valence-electron chi connectivity index (χ1n) is 9.90. The molecule has 1 aliphatic rings. The topological polar surface area (TPSA) is 66.5 Å². The maximum atomic E-state index is 13.4. The number of hydrogen-bond donors (Lipinski definition) is 1. The van der Waals surface area contributed by atoms with Crippen molar-refractivity contribution in [3.8, 4) is 0 Å². The van der Waals surface area contributed by atoms with Crippen LogP contribution in [-0.2, 0) is 15.8 Å². The first-order valence-corrected chi connectivity index (χ1v) is 9.90. The number of fused-ring (bicyclic) bond motifs is 1. The molecule has 0 bridgehead atoms. The third kappa shape index (κ3) is 4.41. The van der Waals surface area contributed by atoms with Crippen LogP contribution in [0.5, 0.6) is 0 Å². The van der Waals surface area contributed by atoms with E-state index in [1.165, 1.54) is 19.1 Å². The van der Waals surface area contributed by atoms with Crippen LogP contribution in [-0.4, -0.2) is 17.7 Å². The van der Waals surface area contributed by atoms with Crippen LogP contribution in [0.2, 0.25) is 0 Å². The molecule has 166 valence electrons. The van der Waals surface area contributed by atoms with Crippen molar-refractivity contribution >= 4 is 40.7 Å². The minimum absolute atomic E-state index is 0.162. The second kappa shape index (κ2) is 8.38. The molecular formula is C25H17F3N2O3. The van der Waals surface area contributed by atoms with Gasteiger partial charge in [-0.25, -0.2) is 4.90 Å². The largest absolute Gasteiger partial charge is 0.416 e. The van der Waals surface area contributed by atoms with E-state index in [-0.39, 0.29) is 22.7 Å². The highest BCUT2D eigenvalue weighted by Crippen LogP contribution is 2.36. The molecule has 3 aromatic carbocycles. The van der Waals surface area contributed by atoms with Crippen LogP contribution in [0.3, 0.4) is 0 Å². The molecule has 4 rings (SSSR count). The van der Waals surface area contributed by atoms with Gasteiger partial charge in [0.05, 0.1) is 11.3 Å². The van der Waals surface area contributed by atoms with Crippen molar-refractivity contribution in [1.29, 1.82) is 0 Å². The van der Waals surface area contributed by atoms with Crippen molar-refractivity contribution in [2.24, 2.45) is 0 Å². The number of carbonyl (C=O) groups excluding carboxylic acids is 3.